The summed E-state index contributed by atoms with van der Waals surface area (Å²) in [6.45, 7) is 0. The van der Waals surface area contributed by atoms with Crippen molar-refractivity contribution in [2.24, 2.45) is 0 Å². The van der Waals surface area contributed by atoms with E-state index in [1.165, 1.54) is 20.5 Å². The standard InChI is InChI=1S/C22H19N3O4S/c1-28-20-12-18-19(13-21(20)29-2)23-14-24-22(18)25(30(26)27)17-10-8-16(9-11-17)15-6-4-3-5-7-15/h3-14H,1-2H3,(H,26,27)/p-1. The lowest BCUT2D eigenvalue weighted by atomic mass is 10.1. The number of rotatable bonds is 6. The lowest BCUT2D eigenvalue weighted by molar-refractivity contribution is 0.356. The van der Waals surface area contributed by atoms with E-state index in [4.69, 9.17) is 9.47 Å². The quantitative estimate of drug-likeness (QED) is 0.434. The van der Waals surface area contributed by atoms with Gasteiger partial charge in [-0.25, -0.2) is 9.97 Å². The van der Waals surface area contributed by atoms with Gasteiger partial charge in [0.05, 0.1) is 36.7 Å². The first-order chi connectivity index (χ1) is 14.6. The van der Waals surface area contributed by atoms with Crippen molar-refractivity contribution in [2.75, 3.05) is 18.5 Å². The Labute approximate surface area is 176 Å². The van der Waals surface area contributed by atoms with Gasteiger partial charge in [-0.2, -0.15) is 0 Å². The highest BCUT2D eigenvalue weighted by atomic mass is 32.2. The summed E-state index contributed by atoms with van der Waals surface area (Å²) in [5.74, 6) is 1.18. The van der Waals surface area contributed by atoms with Crippen LogP contribution in [0.1, 0.15) is 0 Å². The molecule has 0 N–H and O–H groups in total. The summed E-state index contributed by atoms with van der Waals surface area (Å²) >= 11 is -2.61. The summed E-state index contributed by atoms with van der Waals surface area (Å²) in [4.78, 5) is 8.48. The predicted molar refractivity (Wildman–Crippen MR) is 116 cm³/mol. The molecule has 0 amide bonds. The Morgan fingerprint density at radius 3 is 2.13 bits per heavy atom. The van der Waals surface area contributed by atoms with E-state index in [1.807, 2.05) is 42.5 Å². The van der Waals surface area contributed by atoms with E-state index in [9.17, 15) is 8.76 Å². The molecule has 8 heteroatoms. The first kappa shape index (κ1) is 19.8. The van der Waals surface area contributed by atoms with Crippen LogP contribution >= 0.6 is 0 Å². The van der Waals surface area contributed by atoms with Gasteiger partial charge in [-0.05, 0) is 29.3 Å². The third-order valence-electron chi connectivity index (χ3n) is 4.67. The first-order valence-electron chi connectivity index (χ1n) is 9.04. The summed E-state index contributed by atoms with van der Waals surface area (Å²) in [7, 11) is 3.04. The van der Waals surface area contributed by atoms with Crippen molar-refractivity contribution in [1.82, 2.24) is 9.97 Å². The van der Waals surface area contributed by atoms with Gasteiger partial charge in [0.25, 0.3) is 0 Å². The van der Waals surface area contributed by atoms with Gasteiger partial charge in [0.2, 0.25) is 0 Å². The molecule has 3 aromatic carbocycles. The minimum atomic E-state index is -2.61. The molecule has 0 spiro atoms. The number of methoxy groups -OCH3 is 2. The second-order valence-corrected chi connectivity index (χ2v) is 7.15. The van der Waals surface area contributed by atoms with E-state index in [0.717, 1.165) is 15.4 Å². The molecule has 0 aliphatic heterocycles. The zero-order valence-electron chi connectivity index (χ0n) is 16.3. The van der Waals surface area contributed by atoms with Gasteiger partial charge in [-0.1, -0.05) is 42.5 Å². The van der Waals surface area contributed by atoms with Crippen molar-refractivity contribution in [2.45, 2.75) is 0 Å². The van der Waals surface area contributed by atoms with Crippen molar-refractivity contribution in [1.29, 1.82) is 0 Å². The molecule has 1 unspecified atom stereocenters. The molecule has 152 valence electrons. The van der Waals surface area contributed by atoms with Crippen LogP contribution in [0.3, 0.4) is 0 Å². The predicted octanol–water partition coefficient (Wildman–Crippen LogP) is 4.25. The molecule has 1 atom stereocenters. The van der Waals surface area contributed by atoms with Crippen LogP contribution in [0.5, 0.6) is 11.5 Å². The Kier molecular flexibility index (Phi) is 5.60. The molecule has 0 radical (unpaired) electrons. The van der Waals surface area contributed by atoms with Crippen LogP contribution in [0.2, 0.25) is 0 Å². The number of ether oxygens (including phenoxy) is 2. The van der Waals surface area contributed by atoms with Gasteiger partial charge in [0.1, 0.15) is 6.33 Å². The Bertz CT molecular complexity index is 1200. The highest BCUT2D eigenvalue weighted by Gasteiger charge is 2.18. The average molecular weight is 420 g/mol. The second kappa shape index (κ2) is 8.48. The first-order valence-corrected chi connectivity index (χ1v) is 10.1. The molecule has 0 aliphatic rings. The minimum absolute atomic E-state index is 0.224. The highest BCUT2D eigenvalue weighted by molar-refractivity contribution is 7.81. The number of hydrogen-bond donors (Lipinski definition) is 0. The summed E-state index contributed by atoms with van der Waals surface area (Å²) in [5.41, 5.74) is 3.02. The monoisotopic (exact) mass is 420 g/mol. The molecule has 4 rings (SSSR count). The smallest absolute Gasteiger partial charge is 0.162 e. The second-order valence-electron chi connectivity index (χ2n) is 6.35. The molecule has 0 bridgehead atoms. The maximum atomic E-state index is 12.2. The van der Waals surface area contributed by atoms with Crippen molar-refractivity contribution >= 4 is 33.7 Å². The molecular formula is C22H18N3O4S-. The maximum Gasteiger partial charge on any atom is 0.162 e. The van der Waals surface area contributed by atoms with Gasteiger partial charge in [0, 0.05) is 11.5 Å². The van der Waals surface area contributed by atoms with Crippen molar-refractivity contribution in [3.05, 3.63) is 73.1 Å². The van der Waals surface area contributed by atoms with E-state index in [-0.39, 0.29) is 5.82 Å². The van der Waals surface area contributed by atoms with Gasteiger partial charge in [-0.3, -0.25) is 8.51 Å². The Morgan fingerprint density at radius 1 is 0.867 bits per heavy atom. The van der Waals surface area contributed by atoms with Crippen LogP contribution in [0.4, 0.5) is 11.5 Å². The van der Waals surface area contributed by atoms with Crippen LogP contribution in [0.25, 0.3) is 22.0 Å². The molecule has 0 fully saturated rings. The highest BCUT2D eigenvalue weighted by Crippen LogP contribution is 2.37. The summed E-state index contributed by atoms with van der Waals surface area (Å²) in [6, 6.07) is 20.4. The van der Waals surface area contributed by atoms with Crippen LogP contribution in [-0.4, -0.2) is 32.9 Å². The summed E-state index contributed by atoms with van der Waals surface area (Å²) in [5, 5.41) is 0.520. The Balaban J connectivity index is 1.82. The molecule has 1 aromatic heterocycles. The van der Waals surface area contributed by atoms with Crippen molar-refractivity contribution < 1.29 is 18.2 Å². The third kappa shape index (κ3) is 3.70. The fourth-order valence-corrected chi connectivity index (χ4v) is 3.81. The average Bonchev–Trinajstić information content (AvgIpc) is 2.79. The van der Waals surface area contributed by atoms with Gasteiger partial charge in [-0.15, -0.1) is 0 Å². The zero-order chi connectivity index (χ0) is 21.1. The molecule has 30 heavy (non-hydrogen) atoms. The van der Waals surface area contributed by atoms with E-state index in [2.05, 4.69) is 9.97 Å². The number of hydrogen-bond acceptors (Lipinski definition) is 6. The van der Waals surface area contributed by atoms with Gasteiger partial charge in [0.15, 0.2) is 17.3 Å². The van der Waals surface area contributed by atoms with Crippen molar-refractivity contribution in [3.63, 3.8) is 0 Å². The van der Waals surface area contributed by atoms with E-state index in [0.29, 0.717) is 28.1 Å². The van der Waals surface area contributed by atoms with E-state index < -0.39 is 11.3 Å². The number of fused-ring (bicyclic) bond motifs is 1. The fourth-order valence-electron chi connectivity index (χ4n) is 3.23. The largest absolute Gasteiger partial charge is 0.755 e. The summed E-state index contributed by atoms with van der Waals surface area (Å²) < 4.78 is 36.2. The number of benzene rings is 3. The lowest BCUT2D eigenvalue weighted by Crippen LogP contribution is -2.21. The topological polar surface area (TPSA) is 87.6 Å². The normalized spacial score (nSPS) is 11.8. The molecule has 0 saturated heterocycles. The summed E-state index contributed by atoms with van der Waals surface area (Å²) in [6.07, 6.45) is 1.32. The molecule has 4 aromatic rings. The number of nitrogens with zero attached hydrogens (tertiary/aromatic N) is 3. The minimum Gasteiger partial charge on any atom is -0.755 e. The fraction of sp³-hybridized carbons (Fsp3) is 0.0909. The van der Waals surface area contributed by atoms with Crippen molar-refractivity contribution in [3.8, 4) is 22.6 Å². The van der Waals surface area contributed by atoms with Crippen LogP contribution in [0, 0.1) is 0 Å². The Morgan fingerprint density at radius 2 is 1.50 bits per heavy atom. The van der Waals surface area contributed by atoms with Crippen LogP contribution in [0.15, 0.2) is 73.1 Å². The molecule has 1 heterocycles. The molecule has 7 nitrogen and oxygen atoms in total. The van der Waals surface area contributed by atoms with Crippen LogP contribution < -0.4 is 13.8 Å². The van der Waals surface area contributed by atoms with Gasteiger partial charge >= 0.3 is 0 Å². The number of aromatic nitrogens is 2. The lowest BCUT2D eigenvalue weighted by Gasteiger charge is -2.26. The van der Waals surface area contributed by atoms with E-state index in [1.54, 1.807) is 24.3 Å². The molecule has 0 aliphatic carbocycles. The molecular weight excluding hydrogens is 402 g/mol. The van der Waals surface area contributed by atoms with Crippen LogP contribution in [-0.2, 0) is 11.3 Å². The third-order valence-corrected chi connectivity index (χ3v) is 5.35. The van der Waals surface area contributed by atoms with Gasteiger partial charge < -0.3 is 14.0 Å². The van der Waals surface area contributed by atoms with E-state index >= 15 is 0 Å². The maximum absolute atomic E-state index is 12.2. The number of anilines is 2. The Hall–Kier alpha value is -3.49. The molecule has 0 saturated carbocycles. The zero-order valence-corrected chi connectivity index (χ0v) is 17.1. The SMILES string of the molecule is COc1cc2ncnc(N(c3ccc(-c4ccccc4)cc3)S(=O)[O-])c2cc1OC.